The van der Waals surface area contributed by atoms with Gasteiger partial charge < -0.3 is 19.9 Å². The lowest BCUT2D eigenvalue weighted by molar-refractivity contribution is -0.148. The van der Waals surface area contributed by atoms with Crippen LogP contribution in [0.1, 0.15) is 39.7 Å². The number of methoxy groups -OCH3 is 2. The van der Waals surface area contributed by atoms with E-state index in [1.165, 1.54) is 28.6 Å². The Labute approximate surface area is 256 Å². The number of aliphatic hydroxyl groups is 1. The van der Waals surface area contributed by atoms with Crippen LogP contribution in [0.5, 0.6) is 5.75 Å². The molecule has 2 amide bonds. The number of benzene rings is 2. The minimum atomic E-state index is -4.02. The molecule has 0 saturated carbocycles. The lowest BCUT2D eigenvalue weighted by atomic mass is 9.99. The van der Waals surface area contributed by atoms with Gasteiger partial charge in [-0.1, -0.05) is 58.0 Å². The number of sulfonamides is 1. The van der Waals surface area contributed by atoms with Crippen molar-refractivity contribution in [3.05, 3.63) is 60.2 Å². The van der Waals surface area contributed by atoms with Gasteiger partial charge in [0, 0.05) is 33.2 Å². The second-order valence-electron chi connectivity index (χ2n) is 11.3. The second-order valence-corrected chi connectivity index (χ2v) is 13.2. The Hall–Kier alpha value is -3.03. The summed E-state index contributed by atoms with van der Waals surface area (Å²) in [5.74, 6) is -0.403. The number of hydrazine groups is 1. The molecule has 2 rings (SSSR count). The number of carbonyl (C=O) groups excluding carboxylic acids is 2. The fourth-order valence-corrected chi connectivity index (χ4v) is 6.11. The molecule has 1 unspecified atom stereocenters. The molecule has 12 heteroatoms. The summed E-state index contributed by atoms with van der Waals surface area (Å²) in [7, 11) is -0.968. The first-order valence-corrected chi connectivity index (χ1v) is 16.0. The van der Waals surface area contributed by atoms with Gasteiger partial charge in [0.25, 0.3) is 5.91 Å². The van der Waals surface area contributed by atoms with Crippen molar-refractivity contribution in [2.75, 3.05) is 47.0 Å². The van der Waals surface area contributed by atoms with Gasteiger partial charge in [0.05, 0.1) is 37.3 Å². The third-order valence-corrected chi connectivity index (χ3v) is 8.43. The van der Waals surface area contributed by atoms with E-state index < -0.39 is 28.1 Å². The first kappa shape index (κ1) is 36.2. The van der Waals surface area contributed by atoms with E-state index in [4.69, 9.17) is 9.47 Å². The normalized spacial score (nSPS) is 13.3. The van der Waals surface area contributed by atoms with Crippen molar-refractivity contribution in [3.63, 3.8) is 0 Å². The number of rotatable bonds is 18. The van der Waals surface area contributed by atoms with Crippen molar-refractivity contribution in [3.8, 4) is 5.75 Å². The van der Waals surface area contributed by atoms with Gasteiger partial charge >= 0.3 is 0 Å². The molecule has 2 aromatic carbocycles. The first-order valence-electron chi connectivity index (χ1n) is 14.6. The summed E-state index contributed by atoms with van der Waals surface area (Å²) in [5, 5.41) is 15.9. The van der Waals surface area contributed by atoms with Crippen molar-refractivity contribution in [1.29, 1.82) is 0 Å². The number of carbonyl (C=O) groups is 2. The zero-order valence-electron chi connectivity index (χ0n) is 26.2. The highest BCUT2D eigenvalue weighted by molar-refractivity contribution is 7.89. The first-order chi connectivity index (χ1) is 20.4. The largest absolute Gasteiger partial charge is 0.497 e. The summed E-state index contributed by atoms with van der Waals surface area (Å²) in [6, 6.07) is 14.4. The average Bonchev–Trinajstić information content (AvgIpc) is 2.96. The van der Waals surface area contributed by atoms with Crippen molar-refractivity contribution in [2.24, 2.45) is 11.8 Å². The van der Waals surface area contributed by atoms with Gasteiger partial charge in [-0.2, -0.15) is 4.31 Å². The summed E-state index contributed by atoms with van der Waals surface area (Å²) in [4.78, 5) is 26.6. The summed E-state index contributed by atoms with van der Waals surface area (Å²) in [6.07, 6.45) is -1.04. The van der Waals surface area contributed by atoms with Crippen LogP contribution < -0.4 is 15.5 Å². The summed E-state index contributed by atoms with van der Waals surface area (Å²) in [5.41, 5.74) is 3.51. The predicted molar refractivity (Wildman–Crippen MR) is 166 cm³/mol. The maximum atomic E-state index is 13.8. The quantitative estimate of drug-likeness (QED) is 0.171. The van der Waals surface area contributed by atoms with Crippen LogP contribution in [-0.2, 0) is 30.8 Å². The van der Waals surface area contributed by atoms with E-state index in [1.54, 1.807) is 19.2 Å². The van der Waals surface area contributed by atoms with Gasteiger partial charge in [0.2, 0.25) is 15.9 Å². The highest BCUT2D eigenvalue weighted by Crippen LogP contribution is 2.23. The number of nitrogens with one attached hydrogen (secondary N) is 2. The molecule has 11 nitrogen and oxygen atoms in total. The highest BCUT2D eigenvalue weighted by Gasteiger charge is 2.36. The number of ether oxygens (including phenoxy) is 2. The zero-order chi connectivity index (χ0) is 32.0. The fourth-order valence-electron chi connectivity index (χ4n) is 4.49. The lowest BCUT2D eigenvalue weighted by Gasteiger charge is -2.37. The van der Waals surface area contributed by atoms with Gasteiger partial charge in [-0.15, -0.1) is 0 Å². The maximum Gasteiger partial charge on any atom is 0.252 e. The van der Waals surface area contributed by atoms with Crippen molar-refractivity contribution in [2.45, 2.75) is 57.6 Å². The molecule has 0 spiro atoms. The van der Waals surface area contributed by atoms with Crippen LogP contribution in [-0.4, -0.2) is 93.8 Å². The van der Waals surface area contributed by atoms with E-state index in [9.17, 15) is 23.1 Å². The Kier molecular flexibility index (Phi) is 15.1. The van der Waals surface area contributed by atoms with E-state index in [2.05, 4.69) is 10.7 Å². The smallest absolute Gasteiger partial charge is 0.252 e. The molecule has 0 bridgehead atoms. The molecule has 2 aromatic rings. The van der Waals surface area contributed by atoms with Crippen LogP contribution in [0.4, 0.5) is 0 Å². The van der Waals surface area contributed by atoms with E-state index >= 15 is 0 Å². The predicted octanol–water partition coefficient (Wildman–Crippen LogP) is 2.46. The monoisotopic (exact) mass is 620 g/mol. The number of aliphatic hydroxyl groups excluding tert-OH is 1. The molecule has 0 aliphatic carbocycles. The average molecular weight is 621 g/mol. The van der Waals surface area contributed by atoms with Gasteiger partial charge in [0.15, 0.2) is 0 Å². The SMILES string of the molecule is COCCNCC(=O)NN(C(=O)CC(C)C)C(Cc1ccccc1)[C@H](O)CN(CC(C)C)S(=O)(=O)c1ccc(OC)cc1. The Morgan fingerprint density at radius 1 is 0.930 bits per heavy atom. The Morgan fingerprint density at radius 2 is 1.58 bits per heavy atom. The molecular weight excluding hydrogens is 572 g/mol. The summed E-state index contributed by atoms with van der Waals surface area (Å²) in [6.45, 7) is 8.17. The van der Waals surface area contributed by atoms with Crippen LogP contribution in [0.3, 0.4) is 0 Å². The molecule has 2 atom stereocenters. The summed E-state index contributed by atoms with van der Waals surface area (Å²) < 4.78 is 39.0. The molecule has 0 fully saturated rings. The molecular formula is C31H48N4O7S. The molecule has 0 aliphatic rings. The molecule has 3 N–H and O–H groups in total. The maximum absolute atomic E-state index is 13.8. The van der Waals surface area contributed by atoms with Crippen molar-refractivity contribution >= 4 is 21.8 Å². The van der Waals surface area contributed by atoms with E-state index in [0.717, 1.165) is 5.56 Å². The van der Waals surface area contributed by atoms with Gasteiger partial charge in [-0.05, 0) is 48.1 Å². The van der Waals surface area contributed by atoms with Crippen LogP contribution >= 0.6 is 0 Å². The topological polar surface area (TPSA) is 138 Å². The minimum Gasteiger partial charge on any atom is -0.497 e. The molecule has 240 valence electrons. The van der Waals surface area contributed by atoms with E-state index in [0.29, 0.717) is 18.9 Å². The molecule has 0 aliphatic heterocycles. The van der Waals surface area contributed by atoms with E-state index in [1.807, 2.05) is 58.0 Å². The van der Waals surface area contributed by atoms with Crippen LogP contribution in [0.15, 0.2) is 59.5 Å². The second kappa shape index (κ2) is 17.9. The Balaban J connectivity index is 2.47. The molecule has 0 aromatic heterocycles. The summed E-state index contributed by atoms with van der Waals surface area (Å²) >= 11 is 0. The number of amides is 2. The van der Waals surface area contributed by atoms with Crippen LogP contribution in [0.25, 0.3) is 0 Å². The van der Waals surface area contributed by atoms with Crippen LogP contribution in [0.2, 0.25) is 0 Å². The zero-order valence-corrected chi connectivity index (χ0v) is 27.0. The van der Waals surface area contributed by atoms with Crippen molar-refractivity contribution < 1.29 is 32.6 Å². The number of hydrogen-bond donors (Lipinski definition) is 3. The van der Waals surface area contributed by atoms with Gasteiger partial charge in [0.1, 0.15) is 5.75 Å². The lowest BCUT2D eigenvalue weighted by Crippen LogP contribution is -2.60. The number of nitrogens with zero attached hydrogens (tertiary/aromatic N) is 2. The fraction of sp³-hybridized carbons (Fsp3) is 0.548. The molecule has 43 heavy (non-hydrogen) atoms. The Morgan fingerprint density at radius 3 is 2.14 bits per heavy atom. The van der Waals surface area contributed by atoms with E-state index in [-0.39, 0.29) is 55.1 Å². The molecule has 0 heterocycles. The van der Waals surface area contributed by atoms with Gasteiger partial charge in [-0.25, -0.2) is 13.4 Å². The van der Waals surface area contributed by atoms with Gasteiger partial charge in [-0.3, -0.25) is 15.0 Å². The number of hydrogen-bond acceptors (Lipinski definition) is 8. The minimum absolute atomic E-state index is 0.0193. The molecule has 0 saturated heterocycles. The molecule has 0 radical (unpaired) electrons. The highest BCUT2D eigenvalue weighted by atomic mass is 32.2. The van der Waals surface area contributed by atoms with Crippen LogP contribution in [0, 0.1) is 11.8 Å². The third-order valence-electron chi connectivity index (χ3n) is 6.59. The Bertz CT molecular complexity index is 1220. The third kappa shape index (κ3) is 11.9. The van der Waals surface area contributed by atoms with Crippen molar-refractivity contribution in [1.82, 2.24) is 20.1 Å². The standard InChI is InChI=1S/C31H48N4O7S/c1-23(2)18-31(38)35(33-30(37)20-32-16-17-41-5)28(19-25-10-8-7-9-11-25)29(36)22-34(21-24(3)4)43(39,40)27-14-12-26(42-6)13-15-27/h7-15,23-24,28-29,32,36H,16-22H2,1-6H3,(H,33,37)/t28?,29-/m1/s1.